The van der Waals surface area contributed by atoms with Gasteiger partial charge in [-0.05, 0) is 43.2 Å². The Hall–Kier alpha value is -2.35. The standard InChI is InChI=1S/C16H17N3O4S/c1-16(2)7-10-5-9(3-4-11(10)23-16)8-17-19-15-18-14(22)12(24-15)6-13(20)21/h3-5,8,12H,6-7H2,1-2H3,(H,20,21)(H,18,19,22). The summed E-state index contributed by atoms with van der Waals surface area (Å²) in [5.41, 5.74) is 1.82. The van der Waals surface area contributed by atoms with Crippen LogP contribution in [0.15, 0.2) is 28.4 Å². The van der Waals surface area contributed by atoms with Gasteiger partial charge in [0.05, 0.1) is 12.6 Å². The first-order chi connectivity index (χ1) is 11.3. The van der Waals surface area contributed by atoms with Crippen molar-refractivity contribution in [1.82, 2.24) is 5.32 Å². The van der Waals surface area contributed by atoms with Gasteiger partial charge in [-0.3, -0.25) is 9.59 Å². The lowest BCUT2D eigenvalue weighted by Gasteiger charge is -2.16. The zero-order valence-electron chi connectivity index (χ0n) is 13.3. The fourth-order valence-corrected chi connectivity index (χ4v) is 3.52. The monoisotopic (exact) mass is 347 g/mol. The van der Waals surface area contributed by atoms with Crippen molar-refractivity contribution in [2.24, 2.45) is 10.2 Å². The molecule has 0 aliphatic carbocycles. The number of ether oxygens (including phenoxy) is 1. The molecule has 0 spiro atoms. The second-order valence-corrected chi connectivity index (χ2v) is 7.44. The van der Waals surface area contributed by atoms with Crippen LogP contribution in [0.3, 0.4) is 0 Å². The number of nitrogens with zero attached hydrogens (tertiary/aromatic N) is 2. The Bertz CT molecular complexity index is 758. The van der Waals surface area contributed by atoms with Gasteiger partial charge in [-0.15, -0.1) is 5.10 Å². The first kappa shape index (κ1) is 16.5. The third kappa shape index (κ3) is 3.76. The molecule has 3 rings (SSSR count). The Morgan fingerprint density at radius 1 is 1.54 bits per heavy atom. The molecule has 2 heterocycles. The van der Waals surface area contributed by atoms with Gasteiger partial charge in [0.25, 0.3) is 0 Å². The second-order valence-electron chi connectivity index (χ2n) is 6.25. The van der Waals surface area contributed by atoms with E-state index in [9.17, 15) is 9.59 Å². The van der Waals surface area contributed by atoms with Gasteiger partial charge in [-0.25, -0.2) is 0 Å². The molecule has 0 bridgehead atoms. The molecule has 1 saturated heterocycles. The molecule has 1 amide bonds. The van der Waals surface area contributed by atoms with Crippen LogP contribution in [0.25, 0.3) is 0 Å². The van der Waals surface area contributed by atoms with Crippen molar-refractivity contribution in [3.8, 4) is 5.75 Å². The summed E-state index contributed by atoms with van der Waals surface area (Å²) in [6.45, 7) is 4.08. The van der Waals surface area contributed by atoms with E-state index in [1.807, 2.05) is 32.0 Å². The molecule has 2 aliphatic rings. The number of nitrogens with one attached hydrogen (secondary N) is 1. The highest BCUT2D eigenvalue weighted by molar-refractivity contribution is 8.15. The van der Waals surface area contributed by atoms with Crippen LogP contribution in [0, 0.1) is 0 Å². The second kappa shape index (κ2) is 6.27. The summed E-state index contributed by atoms with van der Waals surface area (Å²) < 4.78 is 5.82. The van der Waals surface area contributed by atoms with Crippen molar-refractivity contribution >= 4 is 35.0 Å². The van der Waals surface area contributed by atoms with E-state index in [0.29, 0.717) is 5.17 Å². The minimum Gasteiger partial charge on any atom is -0.487 e. The number of thioether (sulfide) groups is 1. The van der Waals surface area contributed by atoms with Gasteiger partial charge in [-0.2, -0.15) is 5.10 Å². The van der Waals surface area contributed by atoms with Gasteiger partial charge in [0.1, 0.15) is 16.6 Å². The van der Waals surface area contributed by atoms with Crippen LogP contribution in [-0.4, -0.2) is 39.2 Å². The summed E-state index contributed by atoms with van der Waals surface area (Å²) in [7, 11) is 0. The highest BCUT2D eigenvalue weighted by Crippen LogP contribution is 2.34. The van der Waals surface area contributed by atoms with Crippen LogP contribution in [0.4, 0.5) is 0 Å². The third-order valence-corrected chi connectivity index (χ3v) is 4.65. The predicted molar refractivity (Wildman–Crippen MR) is 91.7 cm³/mol. The Kier molecular flexibility index (Phi) is 4.31. The summed E-state index contributed by atoms with van der Waals surface area (Å²) in [4.78, 5) is 22.3. The lowest BCUT2D eigenvalue weighted by molar-refractivity contribution is -0.138. The van der Waals surface area contributed by atoms with E-state index in [1.54, 1.807) is 6.21 Å². The van der Waals surface area contributed by atoms with E-state index in [-0.39, 0.29) is 17.9 Å². The van der Waals surface area contributed by atoms with Crippen LogP contribution >= 0.6 is 11.8 Å². The smallest absolute Gasteiger partial charge is 0.305 e. The van der Waals surface area contributed by atoms with Crippen molar-refractivity contribution in [1.29, 1.82) is 0 Å². The number of hydrogen-bond donors (Lipinski definition) is 2. The molecule has 1 fully saturated rings. The molecule has 8 heteroatoms. The third-order valence-electron chi connectivity index (χ3n) is 3.58. The van der Waals surface area contributed by atoms with Crippen molar-refractivity contribution in [2.45, 2.75) is 37.5 Å². The molecular weight excluding hydrogens is 330 g/mol. The molecule has 0 saturated carbocycles. The molecule has 1 unspecified atom stereocenters. The minimum atomic E-state index is -1.02. The van der Waals surface area contributed by atoms with Crippen molar-refractivity contribution in [3.63, 3.8) is 0 Å². The summed E-state index contributed by atoms with van der Waals surface area (Å²) in [6.07, 6.45) is 2.19. The number of benzene rings is 1. The number of carbonyl (C=O) groups excluding carboxylic acids is 1. The van der Waals surface area contributed by atoms with Gasteiger partial charge in [0.15, 0.2) is 5.17 Å². The molecule has 1 atom stereocenters. The first-order valence-electron chi connectivity index (χ1n) is 7.45. The number of aliphatic carboxylic acids is 1. The summed E-state index contributed by atoms with van der Waals surface area (Å²) in [5, 5.41) is 18.8. The van der Waals surface area contributed by atoms with E-state index in [1.165, 1.54) is 0 Å². The average molecular weight is 347 g/mol. The largest absolute Gasteiger partial charge is 0.487 e. The summed E-state index contributed by atoms with van der Waals surface area (Å²) >= 11 is 1.08. The Morgan fingerprint density at radius 3 is 3.08 bits per heavy atom. The van der Waals surface area contributed by atoms with Crippen LogP contribution < -0.4 is 10.1 Å². The number of amidine groups is 1. The zero-order valence-corrected chi connectivity index (χ0v) is 14.1. The number of carboxylic acids is 1. The van der Waals surface area contributed by atoms with Crippen molar-refractivity contribution in [3.05, 3.63) is 29.3 Å². The lowest BCUT2D eigenvalue weighted by atomic mass is 10.0. The fraction of sp³-hybridized carbons (Fsp3) is 0.375. The van der Waals surface area contributed by atoms with E-state index in [4.69, 9.17) is 9.84 Å². The predicted octanol–water partition coefficient (Wildman–Crippen LogP) is 1.80. The topological polar surface area (TPSA) is 100 Å². The Morgan fingerprint density at radius 2 is 2.33 bits per heavy atom. The lowest BCUT2D eigenvalue weighted by Crippen LogP contribution is -2.26. The normalized spacial score (nSPS) is 23.3. The van der Waals surface area contributed by atoms with Crippen LogP contribution in [-0.2, 0) is 16.0 Å². The maximum atomic E-state index is 11.6. The van der Waals surface area contributed by atoms with E-state index < -0.39 is 11.2 Å². The maximum Gasteiger partial charge on any atom is 0.305 e. The first-order valence-corrected chi connectivity index (χ1v) is 8.33. The molecule has 0 aromatic heterocycles. The Labute approximate surface area is 143 Å². The van der Waals surface area contributed by atoms with E-state index in [0.717, 1.165) is 35.1 Å². The molecule has 2 aliphatic heterocycles. The van der Waals surface area contributed by atoms with E-state index in [2.05, 4.69) is 15.5 Å². The molecule has 24 heavy (non-hydrogen) atoms. The van der Waals surface area contributed by atoms with Crippen LogP contribution in [0.2, 0.25) is 0 Å². The number of amides is 1. The number of rotatable bonds is 4. The number of carboxylic acid groups (broad SMARTS) is 1. The quantitative estimate of drug-likeness (QED) is 0.639. The van der Waals surface area contributed by atoms with Crippen molar-refractivity contribution in [2.75, 3.05) is 0 Å². The molecule has 1 aromatic carbocycles. The number of fused-ring (bicyclic) bond motifs is 1. The highest BCUT2D eigenvalue weighted by atomic mass is 32.2. The van der Waals surface area contributed by atoms with Crippen molar-refractivity contribution < 1.29 is 19.4 Å². The highest BCUT2D eigenvalue weighted by Gasteiger charge is 2.32. The SMILES string of the molecule is CC1(C)Cc2cc(C=NN=C3NC(=O)C(CC(=O)O)S3)ccc2O1. The molecule has 0 radical (unpaired) electrons. The zero-order chi connectivity index (χ0) is 17.3. The molecular formula is C16H17N3O4S. The maximum absolute atomic E-state index is 11.6. The summed E-state index contributed by atoms with van der Waals surface area (Å²) in [5.74, 6) is -0.484. The van der Waals surface area contributed by atoms with Gasteiger partial charge in [-0.1, -0.05) is 11.8 Å². The molecule has 7 nitrogen and oxygen atoms in total. The molecule has 126 valence electrons. The Balaban J connectivity index is 1.65. The number of hydrogen-bond acceptors (Lipinski definition) is 6. The average Bonchev–Trinajstić information content (AvgIpc) is 2.96. The number of carbonyl (C=O) groups is 2. The molecule has 1 aromatic rings. The van der Waals surface area contributed by atoms with Crippen LogP contribution in [0.5, 0.6) is 5.75 Å². The van der Waals surface area contributed by atoms with Crippen LogP contribution in [0.1, 0.15) is 31.4 Å². The van der Waals surface area contributed by atoms with Gasteiger partial charge in [0.2, 0.25) is 5.91 Å². The minimum absolute atomic E-state index is 0.192. The van der Waals surface area contributed by atoms with Gasteiger partial charge < -0.3 is 15.2 Å². The molecule has 2 N–H and O–H groups in total. The summed E-state index contributed by atoms with van der Waals surface area (Å²) in [6, 6.07) is 5.80. The van der Waals surface area contributed by atoms with E-state index >= 15 is 0 Å². The van der Waals surface area contributed by atoms with Gasteiger partial charge in [0, 0.05) is 6.42 Å². The fourth-order valence-electron chi connectivity index (χ4n) is 2.60. The van der Waals surface area contributed by atoms with Gasteiger partial charge >= 0.3 is 5.97 Å².